The lowest BCUT2D eigenvalue weighted by Gasteiger charge is -2.29. The fourth-order valence-electron chi connectivity index (χ4n) is 1.88. The molecule has 0 spiro atoms. The van der Waals surface area contributed by atoms with E-state index in [1.807, 2.05) is 0 Å². The second kappa shape index (κ2) is 5.83. The highest BCUT2D eigenvalue weighted by Crippen LogP contribution is 2.37. The van der Waals surface area contributed by atoms with E-state index in [2.05, 4.69) is 15.9 Å². The normalized spacial score (nSPS) is 17.4. The molecule has 0 amide bonds. The van der Waals surface area contributed by atoms with Crippen LogP contribution in [0.25, 0.3) is 6.08 Å². The lowest BCUT2D eigenvalue weighted by Crippen LogP contribution is -2.41. The third-order valence-electron chi connectivity index (χ3n) is 2.90. The first-order valence-corrected chi connectivity index (χ1v) is 7.06. The predicted octanol–water partition coefficient (Wildman–Crippen LogP) is 3.97. The third-order valence-corrected chi connectivity index (χ3v) is 3.48. The number of ether oxygens (including phenoxy) is 2. The van der Waals surface area contributed by atoms with Crippen LogP contribution in [0, 0.1) is 11.6 Å². The summed E-state index contributed by atoms with van der Waals surface area (Å²) in [5.41, 5.74) is -3.92. The highest BCUT2D eigenvalue weighted by atomic mass is 79.9. The van der Waals surface area contributed by atoms with Crippen molar-refractivity contribution < 1.29 is 41.0 Å². The van der Waals surface area contributed by atoms with Gasteiger partial charge in [0.05, 0.1) is 10.0 Å². The summed E-state index contributed by atoms with van der Waals surface area (Å²) < 4.78 is 75.1. The second-order valence-corrected chi connectivity index (χ2v) is 6.04. The summed E-state index contributed by atoms with van der Waals surface area (Å²) in [6, 6.07) is 0.216. The Labute approximate surface area is 140 Å². The lowest BCUT2D eigenvalue weighted by atomic mass is 10.0. The zero-order chi connectivity index (χ0) is 18.4. The fraction of sp³-hybridized carbons (Fsp3) is 0.286. The van der Waals surface area contributed by atoms with E-state index < -0.39 is 56.7 Å². The van der Waals surface area contributed by atoms with Gasteiger partial charge in [-0.05, 0) is 28.1 Å². The van der Waals surface area contributed by atoms with Crippen molar-refractivity contribution in [2.75, 3.05) is 0 Å². The summed E-state index contributed by atoms with van der Waals surface area (Å²) in [7, 11) is 0. The molecule has 0 atom stereocenters. The number of benzene rings is 1. The van der Waals surface area contributed by atoms with E-state index in [1.54, 1.807) is 0 Å². The maximum atomic E-state index is 14.0. The third kappa shape index (κ3) is 3.42. The zero-order valence-corrected chi connectivity index (χ0v) is 13.6. The van der Waals surface area contributed by atoms with Gasteiger partial charge in [-0.3, -0.25) is 0 Å². The van der Waals surface area contributed by atoms with Crippen LogP contribution in [0.2, 0.25) is 0 Å². The summed E-state index contributed by atoms with van der Waals surface area (Å²) in [5, 5.41) is 0. The Kier molecular flexibility index (Phi) is 4.47. The number of hydrogen-bond acceptors (Lipinski definition) is 4. The number of halogens is 6. The first-order chi connectivity index (χ1) is 10.8. The molecule has 0 saturated carbocycles. The topological polar surface area (TPSA) is 52.6 Å². The van der Waals surface area contributed by atoms with Crippen molar-refractivity contribution in [2.24, 2.45) is 0 Å². The van der Waals surface area contributed by atoms with Gasteiger partial charge in [-0.1, -0.05) is 0 Å². The van der Waals surface area contributed by atoms with Crippen molar-refractivity contribution in [2.45, 2.75) is 25.8 Å². The molecule has 1 aliphatic heterocycles. The van der Waals surface area contributed by atoms with E-state index in [0.717, 1.165) is 0 Å². The Hall–Kier alpha value is -1.97. The predicted molar refractivity (Wildman–Crippen MR) is 73.3 cm³/mol. The summed E-state index contributed by atoms with van der Waals surface area (Å²) in [5.74, 6) is -7.54. The van der Waals surface area contributed by atoms with Crippen LogP contribution < -0.4 is 0 Å². The fourth-order valence-corrected chi connectivity index (χ4v) is 2.32. The van der Waals surface area contributed by atoms with Crippen LogP contribution in [-0.2, 0) is 25.2 Å². The molecule has 1 aromatic carbocycles. The summed E-state index contributed by atoms with van der Waals surface area (Å²) in [4.78, 5) is 23.5. The van der Waals surface area contributed by atoms with E-state index in [0.29, 0.717) is 6.08 Å². The van der Waals surface area contributed by atoms with Gasteiger partial charge in [0.2, 0.25) is 0 Å². The largest absolute Gasteiger partial charge is 0.419 e. The van der Waals surface area contributed by atoms with Crippen LogP contribution in [-0.4, -0.2) is 17.7 Å². The monoisotopic (exact) mass is 414 g/mol. The van der Waals surface area contributed by atoms with Gasteiger partial charge in [0.15, 0.2) is 0 Å². The van der Waals surface area contributed by atoms with Crippen molar-refractivity contribution in [1.29, 1.82) is 0 Å². The van der Waals surface area contributed by atoms with E-state index in [1.165, 1.54) is 13.8 Å². The van der Waals surface area contributed by atoms with Gasteiger partial charge < -0.3 is 9.47 Å². The molecule has 2 rings (SSSR count). The number of cyclic esters (lactones) is 2. The van der Waals surface area contributed by atoms with Gasteiger partial charge >= 0.3 is 18.1 Å². The van der Waals surface area contributed by atoms with Gasteiger partial charge in [-0.15, -0.1) is 0 Å². The van der Waals surface area contributed by atoms with Crippen molar-refractivity contribution >= 4 is 33.9 Å². The number of rotatable bonds is 1. The maximum absolute atomic E-state index is 14.0. The molecule has 0 aromatic heterocycles. The van der Waals surface area contributed by atoms with E-state index in [-0.39, 0.29) is 6.07 Å². The van der Waals surface area contributed by atoms with Crippen LogP contribution >= 0.6 is 15.9 Å². The summed E-state index contributed by atoms with van der Waals surface area (Å²) in [6.45, 7) is 2.48. The second-order valence-electron chi connectivity index (χ2n) is 5.18. The first-order valence-electron chi connectivity index (χ1n) is 6.26. The molecule has 0 aliphatic carbocycles. The number of carbonyl (C=O) groups is 2. The molecule has 0 bridgehead atoms. The molecule has 1 saturated heterocycles. The molecule has 1 fully saturated rings. The Morgan fingerprint density at radius 1 is 1.08 bits per heavy atom. The molecule has 0 unspecified atom stereocenters. The average molecular weight is 415 g/mol. The number of alkyl halides is 3. The van der Waals surface area contributed by atoms with Gasteiger partial charge in [-0.2, -0.15) is 13.2 Å². The number of hydrogen-bond donors (Lipinski definition) is 0. The molecular formula is C14H8BrF5O4. The van der Waals surface area contributed by atoms with Crippen LogP contribution in [0.5, 0.6) is 0 Å². The molecule has 1 heterocycles. The van der Waals surface area contributed by atoms with Gasteiger partial charge in [0.1, 0.15) is 17.2 Å². The molecule has 0 N–H and O–H groups in total. The minimum absolute atomic E-state index is 0.216. The zero-order valence-electron chi connectivity index (χ0n) is 12.1. The smallest absolute Gasteiger partial charge is 0.419 e. The van der Waals surface area contributed by atoms with Crippen LogP contribution in [0.1, 0.15) is 25.0 Å². The summed E-state index contributed by atoms with van der Waals surface area (Å²) in [6.07, 6.45) is -4.78. The van der Waals surface area contributed by atoms with E-state index in [4.69, 9.17) is 9.47 Å². The Balaban J connectivity index is 2.63. The molecule has 1 aliphatic rings. The van der Waals surface area contributed by atoms with Gasteiger partial charge in [-0.25, -0.2) is 18.4 Å². The average Bonchev–Trinajstić information content (AvgIpc) is 2.38. The first kappa shape index (κ1) is 18.4. The standard InChI is InChI=1S/C14H8BrF5O4/c1-13(2)23-11(21)6(12(22)24-13)3-5-9(16)7(14(18,19)20)4-8(15)10(5)17/h3-4H,1-2H3. The van der Waals surface area contributed by atoms with E-state index >= 15 is 0 Å². The lowest BCUT2D eigenvalue weighted by molar-refractivity contribution is -0.222. The molecule has 24 heavy (non-hydrogen) atoms. The highest BCUT2D eigenvalue weighted by molar-refractivity contribution is 9.10. The minimum atomic E-state index is -5.11. The highest BCUT2D eigenvalue weighted by Gasteiger charge is 2.40. The van der Waals surface area contributed by atoms with Crippen molar-refractivity contribution in [3.63, 3.8) is 0 Å². The molecule has 0 radical (unpaired) electrons. The van der Waals surface area contributed by atoms with E-state index in [9.17, 15) is 31.5 Å². The SMILES string of the molecule is CC1(C)OC(=O)C(=Cc2c(F)c(Br)cc(C(F)(F)F)c2F)C(=O)O1. The van der Waals surface area contributed by atoms with Crippen LogP contribution in [0.4, 0.5) is 22.0 Å². The molecule has 4 nitrogen and oxygen atoms in total. The van der Waals surface area contributed by atoms with Gasteiger partial charge in [0, 0.05) is 19.4 Å². The molecule has 130 valence electrons. The minimum Gasteiger partial charge on any atom is -0.419 e. The van der Waals surface area contributed by atoms with Crippen LogP contribution in [0.15, 0.2) is 16.1 Å². The quantitative estimate of drug-likeness (QED) is 0.229. The number of esters is 2. The Morgan fingerprint density at radius 2 is 1.58 bits per heavy atom. The van der Waals surface area contributed by atoms with Crippen molar-refractivity contribution in [1.82, 2.24) is 0 Å². The van der Waals surface area contributed by atoms with Crippen LogP contribution in [0.3, 0.4) is 0 Å². The van der Waals surface area contributed by atoms with Crippen molar-refractivity contribution in [3.05, 3.63) is 38.9 Å². The Morgan fingerprint density at radius 3 is 2.04 bits per heavy atom. The maximum Gasteiger partial charge on any atom is 0.419 e. The summed E-state index contributed by atoms with van der Waals surface area (Å²) >= 11 is 2.53. The molecular weight excluding hydrogens is 407 g/mol. The molecule has 1 aromatic rings. The Bertz CT molecular complexity index is 745. The number of carbonyl (C=O) groups excluding carboxylic acids is 2. The van der Waals surface area contributed by atoms with Gasteiger partial charge in [0.25, 0.3) is 5.79 Å². The molecule has 10 heteroatoms. The van der Waals surface area contributed by atoms with Crippen molar-refractivity contribution in [3.8, 4) is 0 Å².